The van der Waals surface area contributed by atoms with Gasteiger partial charge >= 0.3 is 0 Å². The van der Waals surface area contributed by atoms with Crippen molar-refractivity contribution in [2.75, 3.05) is 0 Å². The summed E-state index contributed by atoms with van der Waals surface area (Å²) in [5.41, 5.74) is 2.06. The molecule has 0 saturated heterocycles. The van der Waals surface area contributed by atoms with Gasteiger partial charge in [0.1, 0.15) is 5.78 Å². The Morgan fingerprint density at radius 2 is 1.77 bits per heavy atom. The lowest BCUT2D eigenvalue weighted by Gasteiger charge is -2.37. The molecule has 0 bridgehead atoms. The summed E-state index contributed by atoms with van der Waals surface area (Å²) in [6.07, 6.45) is 9.91. The summed E-state index contributed by atoms with van der Waals surface area (Å²) in [5, 5.41) is 0. The smallest absolute Gasteiger partial charge is 0.144 e. The average molecular weight is 295 g/mol. The van der Waals surface area contributed by atoms with Crippen LogP contribution < -0.4 is 0 Å². The number of ketones is 1. The van der Waals surface area contributed by atoms with Gasteiger partial charge in [-0.1, -0.05) is 81.8 Å². The molecular weight excluding hydrogens is 268 g/mol. The van der Waals surface area contributed by atoms with E-state index in [1.807, 2.05) is 18.2 Å². The molecule has 0 fully saturated rings. The van der Waals surface area contributed by atoms with Crippen LogP contribution in [-0.4, -0.2) is 5.78 Å². The molecule has 0 saturated carbocycles. The highest BCUT2D eigenvalue weighted by Crippen LogP contribution is 2.41. The van der Waals surface area contributed by atoms with Crippen molar-refractivity contribution in [3.8, 4) is 0 Å². The van der Waals surface area contributed by atoms with E-state index >= 15 is 0 Å². The maximum Gasteiger partial charge on any atom is 0.144 e. The van der Waals surface area contributed by atoms with Crippen LogP contribution in [0.15, 0.2) is 54.1 Å². The molecule has 1 aliphatic carbocycles. The molecule has 0 N–H and O–H groups in total. The highest BCUT2D eigenvalue weighted by Gasteiger charge is 2.40. The maximum atomic E-state index is 13.0. The first-order valence-corrected chi connectivity index (χ1v) is 8.28. The number of hydrogen-bond donors (Lipinski definition) is 0. The van der Waals surface area contributed by atoms with E-state index in [1.54, 1.807) is 0 Å². The molecule has 0 spiro atoms. The third-order valence-corrected chi connectivity index (χ3v) is 4.65. The molecular formula is C21H27O. The number of Topliss-reactive ketones (excluding diaryl/α,β-unsaturated/α-hetero) is 1. The third-order valence-electron chi connectivity index (χ3n) is 4.65. The first kappa shape index (κ1) is 16.7. The average Bonchev–Trinajstić information content (AvgIpc) is 2.53. The minimum absolute atomic E-state index is 0.273. The monoisotopic (exact) mass is 295 g/mol. The van der Waals surface area contributed by atoms with Crippen LogP contribution >= 0.6 is 0 Å². The molecule has 1 radical (unpaired) electrons. The zero-order chi connectivity index (χ0) is 16.2. The molecule has 2 rings (SSSR count). The maximum absolute atomic E-state index is 13.0. The normalized spacial score (nSPS) is 21.3. The van der Waals surface area contributed by atoms with Gasteiger partial charge in [0.2, 0.25) is 0 Å². The fraction of sp³-hybridized carbons (Fsp3) is 0.429. The molecule has 0 amide bonds. The number of carbonyl (C=O) groups is 1. The Morgan fingerprint density at radius 1 is 1.09 bits per heavy atom. The number of hydrogen-bond acceptors (Lipinski definition) is 1. The molecule has 1 aromatic rings. The van der Waals surface area contributed by atoms with E-state index in [1.165, 1.54) is 11.1 Å². The Kier molecular flexibility index (Phi) is 5.39. The van der Waals surface area contributed by atoms with Gasteiger partial charge in [-0.05, 0) is 23.8 Å². The van der Waals surface area contributed by atoms with Crippen molar-refractivity contribution in [3.63, 3.8) is 0 Å². The number of allylic oxidation sites excluding steroid dienone is 4. The minimum atomic E-state index is -0.441. The number of benzene rings is 1. The molecule has 0 heterocycles. The van der Waals surface area contributed by atoms with Crippen molar-refractivity contribution in [2.45, 2.75) is 40.5 Å². The molecule has 0 aromatic heterocycles. The van der Waals surface area contributed by atoms with Crippen LogP contribution in [0, 0.1) is 23.7 Å². The van der Waals surface area contributed by atoms with Crippen LogP contribution in [0.1, 0.15) is 39.7 Å². The lowest BCUT2D eigenvalue weighted by molar-refractivity contribution is -0.126. The molecule has 1 atom stereocenters. The third kappa shape index (κ3) is 3.58. The lowest BCUT2D eigenvalue weighted by atomic mass is 9.65. The summed E-state index contributed by atoms with van der Waals surface area (Å²) >= 11 is 0. The fourth-order valence-corrected chi connectivity index (χ4v) is 3.02. The SMILES string of the molecule is CC(C)C1=CC=CC(C(=O)CCc2ccccc2)(C(C)C)[CH]1. The van der Waals surface area contributed by atoms with Crippen LogP contribution in [-0.2, 0) is 11.2 Å². The van der Waals surface area contributed by atoms with Crippen molar-refractivity contribution >= 4 is 5.78 Å². The van der Waals surface area contributed by atoms with E-state index in [2.05, 4.69) is 64.5 Å². The van der Waals surface area contributed by atoms with E-state index < -0.39 is 5.41 Å². The van der Waals surface area contributed by atoms with Crippen LogP contribution in [0.3, 0.4) is 0 Å². The fourth-order valence-electron chi connectivity index (χ4n) is 3.02. The highest BCUT2D eigenvalue weighted by atomic mass is 16.1. The predicted octanol–water partition coefficient (Wildman–Crippen LogP) is 5.19. The second-order valence-corrected chi connectivity index (χ2v) is 6.82. The first-order chi connectivity index (χ1) is 10.5. The summed E-state index contributed by atoms with van der Waals surface area (Å²) in [4.78, 5) is 13.0. The van der Waals surface area contributed by atoms with E-state index in [4.69, 9.17) is 0 Å². The van der Waals surface area contributed by atoms with Crippen LogP contribution in [0.5, 0.6) is 0 Å². The van der Waals surface area contributed by atoms with Gasteiger partial charge in [0.05, 0.1) is 5.41 Å². The van der Waals surface area contributed by atoms with Crippen molar-refractivity contribution in [1.29, 1.82) is 0 Å². The molecule has 1 nitrogen and oxygen atoms in total. The van der Waals surface area contributed by atoms with Gasteiger partial charge in [0, 0.05) is 12.8 Å². The van der Waals surface area contributed by atoms with E-state index in [9.17, 15) is 4.79 Å². The van der Waals surface area contributed by atoms with Crippen molar-refractivity contribution in [2.24, 2.45) is 17.3 Å². The van der Waals surface area contributed by atoms with Gasteiger partial charge in [0.25, 0.3) is 0 Å². The summed E-state index contributed by atoms with van der Waals surface area (Å²) in [7, 11) is 0. The Labute approximate surface area is 135 Å². The summed E-state index contributed by atoms with van der Waals surface area (Å²) in [6.45, 7) is 8.65. The summed E-state index contributed by atoms with van der Waals surface area (Å²) < 4.78 is 0. The van der Waals surface area contributed by atoms with Crippen molar-refractivity contribution in [3.05, 3.63) is 66.1 Å². The lowest BCUT2D eigenvalue weighted by Crippen LogP contribution is -2.37. The largest absolute Gasteiger partial charge is 0.299 e. The van der Waals surface area contributed by atoms with Gasteiger partial charge in [-0.2, -0.15) is 0 Å². The van der Waals surface area contributed by atoms with Crippen molar-refractivity contribution < 1.29 is 4.79 Å². The highest BCUT2D eigenvalue weighted by molar-refractivity contribution is 5.90. The number of aryl methyl sites for hydroxylation is 1. The summed E-state index contributed by atoms with van der Waals surface area (Å²) in [6, 6.07) is 10.3. The molecule has 1 aromatic carbocycles. The van der Waals surface area contributed by atoms with E-state index in [-0.39, 0.29) is 5.92 Å². The molecule has 22 heavy (non-hydrogen) atoms. The number of carbonyl (C=O) groups excluding carboxylic acids is 1. The minimum Gasteiger partial charge on any atom is -0.299 e. The zero-order valence-corrected chi connectivity index (χ0v) is 14.2. The van der Waals surface area contributed by atoms with Gasteiger partial charge < -0.3 is 0 Å². The second-order valence-electron chi connectivity index (χ2n) is 6.82. The second kappa shape index (κ2) is 7.09. The van der Waals surface area contributed by atoms with Gasteiger partial charge in [-0.3, -0.25) is 4.79 Å². The predicted molar refractivity (Wildman–Crippen MR) is 93.4 cm³/mol. The van der Waals surface area contributed by atoms with Crippen molar-refractivity contribution in [1.82, 2.24) is 0 Å². The Morgan fingerprint density at radius 3 is 2.36 bits per heavy atom. The van der Waals surface area contributed by atoms with Crippen LogP contribution in [0.4, 0.5) is 0 Å². The molecule has 1 heteroatoms. The molecule has 0 aliphatic heterocycles. The van der Waals surface area contributed by atoms with Gasteiger partial charge in [-0.15, -0.1) is 0 Å². The van der Waals surface area contributed by atoms with Gasteiger partial charge in [-0.25, -0.2) is 0 Å². The quantitative estimate of drug-likeness (QED) is 0.706. The Bertz CT molecular complexity index is 563. The Balaban J connectivity index is 2.13. The van der Waals surface area contributed by atoms with Crippen LogP contribution in [0.25, 0.3) is 0 Å². The van der Waals surface area contributed by atoms with Gasteiger partial charge in [0.15, 0.2) is 0 Å². The molecule has 1 unspecified atom stereocenters. The number of rotatable bonds is 6. The molecule has 1 aliphatic rings. The first-order valence-electron chi connectivity index (χ1n) is 8.28. The zero-order valence-electron chi connectivity index (χ0n) is 14.2. The van der Waals surface area contributed by atoms with E-state index in [0.29, 0.717) is 18.1 Å². The van der Waals surface area contributed by atoms with Crippen LogP contribution in [0.2, 0.25) is 0 Å². The Hall–Kier alpha value is -1.63. The molecule has 117 valence electrons. The topological polar surface area (TPSA) is 17.1 Å². The van der Waals surface area contributed by atoms with E-state index in [0.717, 1.165) is 6.42 Å². The standard InChI is InChI=1S/C21H27O/c1-16(2)19-11-8-14-21(15-19,17(3)4)20(22)13-12-18-9-6-5-7-10-18/h5-11,14-17H,12-13H2,1-4H3. The summed E-state index contributed by atoms with van der Waals surface area (Å²) in [5.74, 6) is 1.05.